The number of hydrogen-bond donors (Lipinski definition) is 1. The Balaban J connectivity index is 2.39. The van der Waals surface area contributed by atoms with Crippen molar-refractivity contribution in [1.82, 2.24) is 4.90 Å². The summed E-state index contributed by atoms with van der Waals surface area (Å²) in [7, 11) is 0. The third-order valence-electron chi connectivity index (χ3n) is 3.04. The summed E-state index contributed by atoms with van der Waals surface area (Å²) < 4.78 is 37.6. The van der Waals surface area contributed by atoms with Crippen LogP contribution in [0.25, 0.3) is 0 Å². The molecule has 5 heteroatoms. The van der Waals surface area contributed by atoms with E-state index in [1.54, 1.807) is 0 Å². The highest BCUT2D eigenvalue weighted by atomic mass is 19.4. The van der Waals surface area contributed by atoms with Gasteiger partial charge in [0, 0.05) is 12.1 Å². The first kappa shape index (κ1) is 13.8. The molecule has 0 radical (unpaired) electrons. The molecule has 0 amide bonds. The second-order valence-electron chi connectivity index (χ2n) is 5.42. The third-order valence-corrected chi connectivity index (χ3v) is 3.04. The molecule has 1 atom stereocenters. The van der Waals surface area contributed by atoms with Crippen molar-refractivity contribution in [2.24, 2.45) is 11.7 Å². The van der Waals surface area contributed by atoms with Gasteiger partial charge in [-0.2, -0.15) is 13.2 Å². The fraction of sp³-hybridized carbons (Fsp3) is 1.00. The van der Waals surface area contributed by atoms with Crippen molar-refractivity contribution in [2.45, 2.75) is 44.8 Å². The van der Waals surface area contributed by atoms with E-state index >= 15 is 0 Å². The highest BCUT2D eigenvalue weighted by Crippen LogP contribution is 2.33. The summed E-state index contributed by atoms with van der Waals surface area (Å²) in [5.41, 5.74) is 5.52. The predicted molar refractivity (Wildman–Crippen MR) is 58.1 cm³/mol. The van der Waals surface area contributed by atoms with Crippen LogP contribution in [0.4, 0.5) is 13.2 Å². The monoisotopic (exact) mass is 238 g/mol. The maximum atomic E-state index is 12.5. The van der Waals surface area contributed by atoms with Gasteiger partial charge in [-0.3, -0.25) is 0 Å². The van der Waals surface area contributed by atoms with Crippen LogP contribution in [0.2, 0.25) is 0 Å². The molecule has 1 saturated heterocycles. The molecule has 1 rings (SSSR count). The summed E-state index contributed by atoms with van der Waals surface area (Å²) in [6.45, 7) is 5.37. The fourth-order valence-corrected chi connectivity index (χ4v) is 1.97. The number of nitrogens with two attached hydrogens (primary N) is 1. The molecular weight excluding hydrogens is 217 g/mol. The van der Waals surface area contributed by atoms with Crippen LogP contribution in [0.15, 0.2) is 0 Å². The third kappa shape index (κ3) is 4.70. The number of halogens is 3. The highest BCUT2D eigenvalue weighted by molar-refractivity contribution is 4.80. The van der Waals surface area contributed by atoms with Crippen LogP contribution in [0, 0.1) is 5.92 Å². The maximum Gasteiger partial charge on any atom is 0.393 e. The van der Waals surface area contributed by atoms with Crippen LogP contribution in [0.5, 0.6) is 0 Å². The molecule has 2 nitrogen and oxygen atoms in total. The maximum absolute atomic E-state index is 12.5. The summed E-state index contributed by atoms with van der Waals surface area (Å²) in [6.07, 6.45) is -2.41. The molecule has 1 aliphatic heterocycles. The number of alkyl halides is 3. The lowest BCUT2D eigenvalue weighted by molar-refractivity contribution is -0.186. The van der Waals surface area contributed by atoms with E-state index in [9.17, 15) is 13.2 Å². The topological polar surface area (TPSA) is 29.3 Å². The molecule has 1 heterocycles. The van der Waals surface area contributed by atoms with Gasteiger partial charge in [0.2, 0.25) is 0 Å². The van der Waals surface area contributed by atoms with Gasteiger partial charge in [-0.25, -0.2) is 0 Å². The van der Waals surface area contributed by atoms with Crippen molar-refractivity contribution in [2.75, 3.05) is 19.6 Å². The zero-order valence-electron chi connectivity index (χ0n) is 9.98. The molecule has 16 heavy (non-hydrogen) atoms. The number of piperidine rings is 1. The average Bonchev–Trinajstić information content (AvgIpc) is 2.13. The number of nitrogens with zero attached hydrogens (tertiary/aromatic N) is 1. The van der Waals surface area contributed by atoms with E-state index in [-0.39, 0.29) is 18.5 Å². The standard InChI is InChI=1S/C11H21F3N2/c1-10(2,15)5-7-16-6-3-4-9(8-16)11(12,13)14/h9H,3-8,15H2,1-2H3. The second-order valence-corrected chi connectivity index (χ2v) is 5.42. The quantitative estimate of drug-likeness (QED) is 0.818. The van der Waals surface area contributed by atoms with E-state index < -0.39 is 12.1 Å². The van der Waals surface area contributed by atoms with Crippen molar-refractivity contribution >= 4 is 0 Å². The van der Waals surface area contributed by atoms with Gasteiger partial charge in [0.15, 0.2) is 0 Å². The molecule has 1 aliphatic rings. The number of rotatable bonds is 3. The van der Waals surface area contributed by atoms with Gasteiger partial charge in [-0.15, -0.1) is 0 Å². The molecule has 1 unspecified atom stereocenters. The van der Waals surface area contributed by atoms with E-state index in [1.807, 2.05) is 18.7 Å². The molecular formula is C11H21F3N2. The lowest BCUT2D eigenvalue weighted by Gasteiger charge is -2.35. The van der Waals surface area contributed by atoms with Gasteiger partial charge >= 0.3 is 6.18 Å². The summed E-state index contributed by atoms with van der Waals surface area (Å²) in [5.74, 6) is -1.15. The summed E-state index contributed by atoms with van der Waals surface area (Å²) in [6, 6.07) is 0. The fourth-order valence-electron chi connectivity index (χ4n) is 1.97. The Labute approximate surface area is 95.0 Å². The minimum Gasteiger partial charge on any atom is -0.326 e. The Morgan fingerprint density at radius 3 is 2.44 bits per heavy atom. The lowest BCUT2D eigenvalue weighted by atomic mass is 9.96. The van der Waals surface area contributed by atoms with Crippen LogP contribution in [0.1, 0.15) is 33.1 Å². The van der Waals surface area contributed by atoms with E-state index in [4.69, 9.17) is 5.73 Å². The molecule has 1 fully saturated rings. The number of likely N-dealkylation sites (tertiary alicyclic amines) is 1. The smallest absolute Gasteiger partial charge is 0.326 e. The second kappa shape index (κ2) is 4.92. The SMILES string of the molecule is CC(C)(N)CCN1CCCC(C(F)(F)F)C1. The van der Waals surface area contributed by atoms with Crippen LogP contribution in [-0.2, 0) is 0 Å². The molecule has 0 saturated carbocycles. The van der Waals surface area contributed by atoms with Gasteiger partial charge in [0.05, 0.1) is 5.92 Å². The van der Waals surface area contributed by atoms with Crippen molar-refractivity contribution in [3.05, 3.63) is 0 Å². The van der Waals surface area contributed by atoms with Crippen molar-refractivity contribution in [3.63, 3.8) is 0 Å². The lowest BCUT2D eigenvalue weighted by Crippen LogP contribution is -2.44. The zero-order chi connectivity index (χ0) is 12.4. The molecule has 0 bridgehead atoms. The Morgan fingerprint density at radius 2 is 1.94 bits per heavy atom. The Kier molecular flexibility index (Phi) is 4.23. The van der Waals surface area contributed by atoms with E-state index in [0.717, 1.165) is 13.0 Å². The van der Waals surface area contributed by atoms with Gasteiger partial charge in [0.1, 0.15) is 0 Å². The molecule has 96 valence electrons. The molecule has 0 aromatic rings. The molecule has 2 N–H and O–H groups in total. The van der Waals surface area contributed by atoms with Crippen molar-refractivity contribution in [3.8, 4) is 0 Å². The minimum atomic E-state index is -4.04. The van der Waals surface area contributed by atoms with Crippen LogP contribution >= 0.6 is 0 Å². The first-order valence-corrected chi connectivity index (χ1v) is 5.76. The Bertz CT molecular complexity index is 220. The van der Waals surface area contributed by atoms with Gasteiger partial charge in [-0.05, 0) is 46.2 Å². The van der Waals surface area contributed by atoms with E-state index in [2.05, 4.69) is 0 Å². The molecule has 0 aromatic carbocycles. The van der Waals surface area contributed by atoms with E-state index in [0.29, 0.717) is 13.0 Å². The van der Waals surface area contributed by atoms with Crippen LogP contribution < -0.4 is 5.73 Å². The summed E-state index contributed by atoms with van der Waals surface area (Å²) in [5, 5.41) is 0. The predicted octanol–water partition coefficient (Wildman–Crippen LogP) is 2.39. The normalized spacial score (nSPS) is 24.8. The van der Waals surface area contributed by atoms with Crippen molar-refractivity contribution < 1.29 is 13.2 Å². The first-order chi connectivity index (χ1) is 7.18. The van der Waals surface area contributed by atoms with Gasteiger partial charge in [-0.1, -0.05) is 0 Å². The van der Waals surface area contributed by atoms with Gasteiger partial charge < -0.3 is 10.6 Å². The highest BCUT2D eigenvalue weighted by Gasteiger charge is 2.41. The van der Waals surface area contributed by atoms with Crippen LogP contribution in [0.3, 0.4) is 0 Å². The largest absolute Gasteiger partial charge is 0.393 e. The number of hydrogen-bond acceptors (Lipinski definition) is 2. The molecule has 0 aromatic heterocycles. The van der Waals surface area contributed by atoms with Crippen molar-refractivity contribution in [1.29, 1.82) is 0 Å². The minimum absolute atomic E-state index is 0.138. The van der Waals surface area contributed by atoms with Gasteiger partial charge in [0.25, 0.3) is 0 Å². The Hall–Kier alpha value is -0.290. The molecule has 0 spiro atoms. The molecule has 0 aliphatic carbocycles. The zero-order valence-corrected chi connectivity index (χ0v) is 9.98. The first-order valence-electron chi connectivity index (χ1n) is 5.76. The summed E-state index contributed by atoms with van der Waals surface area (Å²) >= 11 is 0. The average molecular weight is 238 g/mol. The Morgan fingerprint density at radius 1 is 1.31 bits per heavy atom. The summed E-state index contributed by atoms with van der Waals surface area (Å²) in [4.78, 5) is 1.89. The van der Waals surface area contributed by atoms with Crippen LogP contribution in [-0.4, -0.2) is 36.2 Å². The van der Waals surface area contributed by atoms with E-state index in [1.165, 1.54) is 0 Å².